The molecule has 0 unspecified atom stereocenters. The van der Waals surface area contributed by atoms with E-state index in [2.05, 4.69) is 16.8 Å². The third-order valence-electron chi connectivity index (χ3n) is 2.48. The minimum atomic E-state index is -0.314. The number of aliphatic hydroxyl groups is 3. The van der Waals surface area contributed by atoms with Crippen LogP contribution in [0.4, 0.5) is 0 Å². The van der Waals surface area contributed by atoms with E-state index in [0.29, 0.717) is 17.5 Å². The number of amides is 1. The first-order valence-corrected chi connectivity index (χ1v) is 6.28. The molecule has 0 fully saturated rings. The fourth-order valence-electron chi connectivity index (χ4n) is 1.58. The van der Waals surface area contributed by atoms with Gasteiger partial charge >= 0.3 is 0 Å². The van der Waals surface area contributed by atoms with Crippen LogP contribution in [-0.2, 0) is 0 Å². The summed E-state index contributed by atoms with van der Waals surface area (Å²) in [6, 6.07) is 1.60. The Hall–Kier alpha value is -1.94. The van der Waals surface area contributed by atoms with Gasteiger partial charge in [0.05, 0.1) is 25.4 Å². The van der Waals surface area contributed by atoms with Gasteiger partial charge in [-0.25, -0.2) is 0 Å². The fraction of sp³-hybridized carbons (Fsp3) is 0.429. The van der Waals surface area contributed by atoms with Crippen molar-refractivity contribution in [1.29, 1.82) is 0 Å². The number of hydrogen-bond donors (Lipinski definition) is 3. The molecule has 6 nitrogen and oxygen atoms in total. The second-order valence-corrected chi connectivity index (χ2v) is 3.98. The molecule has 0 aromatic carbocycles. The van der Waals surface area contributed by atoms with Crippen molar-refractivity contribution in [3.8, 4) is 11.8 Å². The summed E-state index contributed by atoms with van der Waals surface area (Å²) in [5, 5.41) is 26.5. The van der Waals surface area contributed by atoms with Crippen molar-refractivity contribution in [2.75, 3.05) is 32.9 Å². The van der Waals surface area contributed by atoms with E-state index < -0.39 is 0 Å². The number of aromatic nitrogens is 1. The van der Waals surface area contributed by atoms with Crippen molar-refractivity contribution in [1.82, 2.24) is 9.88 Å². The van der Waals surface area contributed by atoms with E-state index in [4.69, 9.17) is 15.3 Å². The molecule has 108 valence electrons. The smallest absolute Gasteiger partial charge is 0.255 e. The first-order chi connectivity index (χ1) is 9.72. The Morgan fingerprint density at radius 3 is 2.45 bits per heavy atom. The van der Waals surface area contributed by atoms with Crippen molar-refractivity contribution in [2.45, 2.75) is 6.42 Å². The molecule has 1 rings (SSSR count). The summed E-state index contributed by atoms with van der Waals surface area (Å²) >= 11 is 0. The SMILES string of the molecule is O=C(c1cncc(C#CCCO)c1)N(CCO)CCO. The summed E-state index contributed by atoms with van der Waals surface area (Å²) in [4.78, 5) is 17.5. The Kier molecular flexibility index (Phi) is 7.29. The number of hydrogen-bond acceptors (Lipinski definition) is 5. The summed E-state index contributed by atoms with van der Waals surface area (Å²) in [6.07, 6.45) is 3.31. The van der Waals surface area contributed by atoms with Crippen molar-refractivity contribution in [3.63, 3.8) is 0 Å². The minimum Gasteiger partial charge on any atom is -0.395 e. The quantitative estimate of drug-likeness (QED) is 0.595. The summed E-state index contributed by atoms with van der Waals surface area (Å²) in [5.74, 6) is 5.24. The number of carbonyl (C=O) groups excluding carboxylic acids is 1. The second-order valence-electron chi connectivity index (χ2n) is 3.98. The van der Waals surface area contributed by atoms with E-state index in [1.807, 2.05) is 0 Å². The van der Waals surface area contributed by atoms with Gasteiger partial charge in [-0.15, -0.1) is 0 Å². The van der Waals surface area contributed by atoms with E-state index >= 15 is 0 Å². The standard InChI is InChI=1S/C14H18N2O4/c17-6-2-1-3-12-9-13(11-15-10-12)14(20)16(4-7-18)5-8-19/h9-11,17-19H,2,4-8H2. The number of nitrogens with zero attached hydrogens (tertiary/aromatic N) is 2. The maximum absolute atomic E-state index is 12.2. The van der Waals surface area contributed by atoms with Gasteiger partial charge in [0.25, 0.3) is 5.91 Å². The molecule has 6 heteroatoms. The van der Waals surface area contributed by atoms with Gasteiger partial charge in [-0.05, 0) is 6.07 Å². The van der Waals surface area contributed by atoms with Crippen LogP contribution < -0.4 is 0 Å². The van der Waals surface area contributed by atoms with Gasteiger partial charge in [-0.1, -0.05) is 11.8 Å². The summed E-state index contributed by atoms with van der Waals surface area (Å²) in [7, 11) is 0. The Balaban J connectivity index is 2.87. The molecule has 0 aliphatic carbocycles. The van der Waals surface area contributed by atoms with Crippen LogP contribution in [0.3, 0.4) is 0 Å². The van der Waals surface area contributed by atoms with E-state index in [1.165, 1.54) is 17.3 Å². The first-order valence-electron chi connectivity index (χ1n) is 6.28. The maximum atomic E-state index is 12.2. The number of aliphatic hydroxyl groups excluding tert-OH is 3. The summed E-state index contributed by atoms with van der Waals surface area (Å²) in [6.45, 7) is -0.0518. The van der Waals surface area contributed by atoms with Crippen LogP contribution >= 0.6 is 0 Å². The second kappa shape index (κ2) is 9.04. The Morgan fingerprint density at radius 2 is 1.85 bits per heavy atom. The summed E-state index contributed by atoms with van der Waals surface area (Å²) in [5.41, 5.74) is 0.931. The highest BCUT2D eigenvalue weighted by Gasteiger charge is 2.15. The van der Waals surface area contributed by atoms with Gasteiger partial charge in [-0.2, -0.15) is 0 Å². The molecule has 1 heterocycles. The van der Waals surface area contributed by atoms with Crippen molar-refractivity contribution < 1.29 is 20.1 Å². The monoisotopic (exact) mass is 278 g/mol. The molecule has 0 bridgehead atoms. The number of carbonyl (C=O) groups is 1. The molecular weight excluding hydrogens is 260 g/mol. The highest BCUT2D eigenvalue weighted by molar-refractivity contribution is 5.94. The van der Waals surface area contributed by atoms with Gasteiger partial charge in [0.15, 0.2) is 0 Å². The first kappa shape index (κ1) is 16.1. The average Bonchev–Trinajstić information content (AvgIpc) is 2.47. The number of rotatable bonds is 6. The molecule has 1 aromatic heterocycles. The normalized spacial score (nSPS) is 9.75. The van der Waals surface area contributed by atoms with Crippen LogP contribution in [0, 0.1) is 11.8 Å². The maximum Gasteiger partial charge on any atom is 0.255 e. The zero-order valence-corrected chi connectivity index (χ0v) is 11.1. The van der Waals surface area contributed by atoms with Gasteiger partial charge in [0.1, 0.15) is 0 Å². The van der Waals surface area contributed by atoms with Crippen molar-refractivity contribution in [3.05, 3.63) is 29.6 Å². The van der Waals surface area contributed by atoms with Crippen LogP contribution in [-0.4, -0.2) is 64.0 Å². The van der Waals surface area contributed by atoms with E-state index in [1.54, 1.807) is 6.07 Å². The molecule has 0 aliphatic rings. The largest absolute Gasteiger partial charge is 0.395 e. The fourth-order valence-corrected chi connectivity index (χ4v) is 1.58. The third kappa shape index (κ3) is 4.97. The van der Waals surface area contributed by atoms with Crippen LogP contribution in [0.25, 0.3) is 0 Å². The Morgan fingerprint density at radius 1 is 1.15 bits per heavy atom. The molecule has 0 saturated carbocycles. The molecule has 0 radical (unpaired) electrons. The molecule has 0 spiro atoms. The van der Waals surface area contributed by atoms with Crippen molar-refractivity contribution in [2.24, 2.45) is 0 Å². The molecule has 0 atom stereocenters. The predicted octanol–water partition coefficient (Wildman–Crippen LogP) is -0.758. The molecule has 0 saturated heterocycles. The zero-order chi connectivity index (χ0) is 14.8. The Bertz CT molecular complexity index is 487. The van der Waals surface area contributed by atoms with Gasteiger partial charge in [0, 0.05) is 37.5 Å². The zero-order valence-electron chi connectivity index (χ0n) is 11.1. The molecule has 20 heavy (non-hydrogen) atoms. The van der Waals surface area contributed by atoms with Gasteiger partial charge in [-0.3, -0.25) is 9.78 Å². The van der Waals surface area contributed by atoms with E-state index in [-0.39, 0.29) is 38.8 Å². The summed E-state index contributed by atoms with van der Waals surface area (Å²) < 4.78 is 0. The van der Waals surface area contributed by atoms with Crippen LogP contribution in [0.2, 0.25) is 0 Å². The molecule has 3 N–H and O–H groups in total. The van der Waals surface area contributed by atoms with Crippen LogP contribution in [0.5, 0.6) is 0 Å². The number of pyridine rings is 1. The minimum absolute atomic E-state index is 0.0141. The van der Waals surface area contributed by atoms with Gasteiger partial charge in [0.2, 0.25) is 0 Å². The van der Waals surface area contributed by atoms with Crippen LogP contribution in [0.15, 0.2) is 18.5 Å². The molecule has 1 amide bonds. The average molecular weight is 278 g/mol. The highest BCUT2D eigenvalue weighted by Crippen LogP contribution is 2.06. The third-order valence-corrected chi connectivity index (χ3v) is 2.48. The molecule has 0 aliphatic heterocycles. The topological polar surface area (TPSA) is 93.9 Å². The lowest BCUT2D eigenvalue weighted by molar-refractivity contribution is 0.0684. The predicted molar refractivity (Wildman–Crippen MR) is 72.9 cm³/mol. The lowest BCUT2D eigenvalue weighted by Gasteiger charge is -2.20. The van der Waals surface area contributed by atoms with E-state index in [9.17, 15) is 4.79 Å². The molecular formula is C14H18N2O4. The lowest BCUT2D eigenvalue weighted by atomic mass is 10.2. The van der Waals surface area contributed by atoms with E-state index in [0.717, 1.165) is 0 Å². The van der Waals surface area contributed by atoms with Gasteiger partial charge < -0.3 is 20.2 Å². The van der Waals surface area contributed by atoms with Crippen LogP contribution in [0.1, 0.15) is 22.3 Å². The Labute approximate surface area is 117 Å². The lowest BCUT2D eigenvalue weighted by Crippen LogP contribution is -2.35. The van der Waals surface area contributed by atoms with Crippen molar-refractivity contribution >= 4 is 5.91 Å². The molecule has 1 aromatic rings. The highest BCUT2D eigenvalue weighted by atomic mass is 16.3.